The monoisotopic (exact) mass is 210 g/mol. The summed E-state index contributed by atoms with van der Waals surface area (Å²) in [7, 11) is 0. The number of rotatable bonds is 5. The highest BCUT2D eigenvalue weighted by atomic mass is 16.4. The molecule has 0 heterocycles. The van der Waals surface area contributed by atoms with E-state index in [0.717, 1.165) is 37.7 Å². The molecule has 1 N–H and O–H groups in total. The van der Waals surface area contributed by atoms with Crippen molar-refractivity contribution in [1.82, 2.24) is 0 Å². The molecule has 0 radical (unpaired) electrons. The Morgan fingerprint density at radius 2 is 2.00 bits per heavy atom. The van der Waals surface area contributed by atoms with E-state index < -0.39 is 5.97 Å². The standard InChI is InChI=1S/C12H18O3/c13-11-8-5-4-7-10(11)6-2-1-3-9-12(14)15/h6H,1-5,7-9H2,(H,14,15)/b10-6+. The first kappa shape index (κ1) is 12.0. The van der Waals surface area contributed by atoms with Crippen LogP contribution in [-0.4, -0.2) is 16.9 Å². The Hall–Kier alpha value is -1.12. The lowest BCUT2D eigenvalue weighted by atomic mass is 9.92. The third-order valence-electron chi connectivity index (χ3n) is 2.69. The summed E-state index contributed by atoms with van der Waals surface area (Å²) < 4.78 is 0. The Bertz CT molecular complexity index is 266. The van der Waals surface area contributed by atoms with Crippen LogP contribution in [-0.2, 0) is 9.59 Å². The summed E-state index contributed by atoms with van der Waals surface area (Å²) in [5, 5.41) is 8.43. The van der Waals surface area contributed by atoms with Crippen LogP contribution in [0.2, 0.25) is 0 Å². The molecule has 1 fully saturated rings. The molecule has 3 nitrogen and oxygen atoms in total. The molecule has 0 aromatic rings. The lowest BCUT2D eigenvalue weighted by Crippen LogP contribution is -2.08. The van der Waals surface area contributed by atoms with E-state index in [2.05, 4.69) is 0 Å². The zero-order chi connectivity index (χ0) is 11.1. The highest BCUT2D eigenvalue weighted by Crippen LogP contribution is 2.20. The molecule has 0 saturated heterocycles. The van der Waals surface area contributed by atoms with Gasteiger partial charge in [-0.3, -0.25) is 9.59 Å². The zero-order valence-electron chi connectivity index (χ0n) is 9.00. The van der Waals surface area contributed by atoms with E-state index in [-0.39, 0.29) is 6.42 Å². The molecule has 15 heavy (non-hydrogen) atoms. The summed E-state index contributed by atoms with van der Waals surface area (Å²) in [6, 6.07) is 0. The maximum atomic E-state index is 11.4. The topological polar surface area (TPSA) is 54.4 Å². The highest BCUT2D eigenvalue weighted by molar-refractivity contribution is 5.95. The molecule has 0 spiro atoms. The van der Waals surface area contributed by atoms with Crippen LogP contribution in [0.4, 0.5) is 0 Å². The molecule has 84 valence electrons. The number of hydrogen-bond donors (Lipinski definition) is 1. The molecule has 0 bridgehead atoms. The smallest absolute Gasteiger partial charge is 0.303 e. The summed E-state index contributed by atoms with van der Waals surface area (Å²) in [6.07, 6.45) is 8.39. The molecular weight excluding hydrogens is 192 g/mol. The van der Waals surface area contributed by atoms with Gasteiger partial charge >= 0.3 is 5.97 Å². The second-order valence-corrected chi connectivity index (χ2v) is 4.00. The third kappa shape index (κ3) is 4.77. The van der Waals surface area contributed by atoms with E-state index in [1.165, 1.54) is 0 Å². The van der Waals surface area contributed by atoms with Crippen molar-refractivity contribution in [2.45, 2.75) is 51.4 Å². The second-order valence-electron chi connectivity index (χ2n) is 4.00. The van der Waals surface area contributed by atoms with Gasteiger partial charge in [0.05, 0.1) is 0 Å². The number of carbonyl (C=O) groups excluding carboxylic acids is 1. The zero-order valence-corrected chi connectivity index (χ0v) is 9.00. The van der Waals surface area contributed by atoms with E-state index in [1.807, 2.05) is 6.08 Å². The number of carboxylic acid groups (broad SMARTS) is 1. The van der Waals surface area contributed by atoms with Gasteiger partial charge in [0.2, 0.25) is 0 Å². The van der Waals surface area contributed by atoms with Crippen molar-refractivity contribution in [2.24, 2.45) is 0 Å². The Balaban J connectivity index is 2.19. The van der Waals surface area contributed by atoms with E-state index in [9.17, 15) is 9.59 Å². The van der Waals surface area contributed by atoms with Gasteiger partial charge in [-0.2, -0.15) is 0 Å². The third-order valence-corrected chi connectivity index (χ3v) is 2.69. The Morgan fingerprint density at radius 1 is 1.27 bits per heavy atom. The second kappa shape index (κ2) is 6.38. The number of aliphatic carboxylic acids is 1. The minimum Gasteiger partial charge on any atom is -0.481 e. The van der Waals surface area contributed by atoms with Crippen LogP contribution in [0.5, 0.6) is 0 Å². The first-order valence-corrected chi connectivity index (χ1v) is 5.64. The van der Waals surface area contributed by atoms with Crippen LogP contribution < -0.4 is 0 Å². The Labute approximate surface area is 90.2 Å². The maximum absolute atomic E-state index is 11.4. The van der Waals surface area contributed by atoms with Gasteiger partial charge in [-0.1, -0.05) is 6.08 Å². The number of Topliss-reactive ketones (excluding diaryl/α,β-unsaturated/α-hetero) is 1. The van der Waals surface area contributed by atoms with Crippen molar-refractivity contribution in [1.29, 1.82) is 0 Å². The first-order chi connectivity index (χ1) is 7.20. The highest BCUT2D eigenvalue weighted by Gasteiger charge is 2.13. The largest absolute Gasteiger partial charge is 0.481 e. The molecule has 0 aromatic heterocycles. The lowest BCUT2D eigenvalue weighted by Gasteiger charge is -2.12. The molecule has 0 aromatic carbocycles. The fourth-order valence-corrected chi connectivity index (χ4v) is 1.81. The van der Waals surface area contributed by atoms with Gasteiger partial charge in [-0.05, 0) is 44.1 Å². The van der Waals surface area contributed by atoms with Gasteiger partial charge in [0.1, 0.15) is 0 Å². The Morgan fingerprint density at radius 3 is 2.67 bits per heavy atom. The predicted octanol–water partition coefficient (Wildman–Crippen LogP) is 2.70. The van der Waals surface area contributed by atoms with E-state index in [0.29, 0.717) is 18.6 Å². The van der Waals surface area contributed by atoms with Crippen molar-refractivity contribution in [2.75, 3.05) is 0 Å². The normalized spacial score (nSPS) is 19.5. The summed E-state index contributed by atoms with van der Waals surface area (Å²) in [4.78, 5) is 21.7. The average Bonchev–Trinajstić information content (AvgIpc) is 2.20. The van der Waals surface area contributed by atoms with Crippen LogP contribution in [0.25, 0.3) is 0 Å². The van der Waals surface area contributed by atoms with Crippen LogP contribution in [0.3, 0.4) is 0 Å². The van der Waals surface area contributed by atoms with Crippen molar-refractivity contribution in [3.8, 4) is 0 Å². The molecule has 1 aliphatic rings. The van der Waals surface area contributed by atoms with Gasteiger partial charge in [0.25, 0.3) is 0 Å². The molecular formula is C12H18O3. The SMILES string of the molecule is O=C(O)CCCC/C=C1\CCCCC1=O. The van der Waals surface area contributed by atoms with Crippen LogP contribution in [0.15, 0.2) is 11.6 Å². The number of ketones is 1. The van der Waals surface area contributed by atoms with Crippen molar-refractivity contribution in [3.05, 3.63) is 11.6 Å². The first-order valence-electron chi connectivity index (χ1n) is 5.64. The number of hydrogen-bond acceptors (Lipinski definition) is 2. The average molecular weight is 210 g/mol. The minimum absolute atomic E-state index is 0.233. The molecule has 3 heteroatoms. The number of carbonyl (C=O) groups is 2. The molecule has 0 unspecified atom stereocenters. The molecule has 1 rings (SSSR count). The summed E-state index contributed by atoms with van der Waals surface area (Å²) in [6.45, 7) is 0. The van der Waals surface area contributed by atoms with Crippen molar-refractivity contribution < 1.29 is 14.7 Å². The van der Waals surface area contributed by atoms with Gasteiger partial charge in [0, 0.05) is 12.8 Å². The van der Waals surface area contributed by atoms with E-state index in [4.69, 9.17) is 5.11 Å². The van der Waals surface area contributed by atoms with Gasteiger partial charge in [0.15, 0.2) is 5.78 Å². The van der Waals surface area contributed by atoms with Crippen LogP contribution in [0.1, 0.15) is 51.4 Å². The van der Waals surface area contributed by atoms with E-state index in [1.54, 1.807) is 0 Å². The lowest BCUT2D eigenvalue weighted by molar-refractivity contribution is -0.137. The van der Waals surface area contributed by atoms with Gasteiger partial charge in [-0.25, -0.2) is 0 Å². The van der Waals surface area contributed by atoms with Crippen LogP contribution in [0, 0.1) is 0 Å². The predicted molar refractivity (Wildman–Crippen MR) is 57.7 cm³/mol. The van der Waals surface area contributed by atoms with Gasteiger partial charge in [-0.15, -0.1) is 0 Å². The van der Waals surface area contributed by atoms with Crippen LogP contribution >= 0.6 is 0 Å². The summed E-state index contributed by atoms with van der Waals surface area (Å²) in [5.41, 5.74) is 0.969. The maximum Gasteiger partial charge on any atom is 0.303 e. The number of unbranched alkanes of at least 4 members (excludes halogenated alkanes) is 2. The quantitative estimate of drug-likeness (QED) is 0.560. The van der Waals surface area contributed by atoms with E-state index >= 15 is 0 Å². The van der Waals surface area contributed by atoms with Gasteiger partial charge < -0.3 is 5.11 Å². The Kier molecular flexibility index (Phi) is 5.08. The summed E-state index contributed by atoms with van der Waals surface area (Å²) >= 11 is 0. The van der Waals surface area contributed by atoms with Crippen molar-refractivity contribution in [3.63, 3.8) is 0 Å². The number of carboxylic acids is 1. The summed E-state index contributed by atoms with van der Waals surface area (Å²) in [5.74, 6) is -0.448. The number of allylic oxidation sites excluding steroid dienone is 2. The fraction of sp³-hybridized carbons (Fsp3) is 0.667. The molecule has 0 atom stereocenters. The molecule has 0 aliphatic heterocycles. The molecule has 1 saturated carbocycles. The molecule has 0 amide bonds. The molecule has 1 aliphatic carbocycles. The minimum atomic E-state index is -0.739. The van der Waals surface area contributed by atoms with Crippen molar-refractivity contribution >= 4 is 11.8 Å². The fourth-order valence-electron chi connectivity index (χ4n) is 1.81.